The second kappa shape index (κ2) is 5.30. The highest BCUT2D eigenvalue weighted by molar-refractivity contribution is 5.16. The number of hydrogen-bond acceptors (Lipinski definition) is 1. The lowest BCUT2D eigenvalue weighted by Crippen LogP contribution is -2.33. The first-order chi connectivity index (χ1) is 7.75. The van der Waals surface area contributed by atoms with Crippen LogP contribution in [0.5, 0.6) is 0 Å². The van der Waals surface area contributed by atoms with Gasteiger partial charge in [-0.3, -0.25) is 0 Å². The van der Waals surface area contributed by atoms with Gasteiger partial charge < -0.3 is 5.32 Å². The molecule has 0 saturated heterocycles. The molecular weight excluding hydrogens is 206 g/mol. The predicted molar refractivity (Wildman–Crippen MR) is 77.2 cm³/mol. The maximum atomic E-state index is 3.73. The van der Waals surface area contributed by atoms with Crippen LogP contribution in [-0.2, 0) is 0 Å². The van der Waals surface area contributed by atoms with Crippen LogP contribution in [0.2, 0.25) is 0 Å². The molecule has 1 unspecified atom stereocenters. The Bertz CT molecular complexity index is 226. The maximum absolute atomic E-state index is 3.73. The van der Waals surface area contributed by atoms with Crippen molar-refractivity contribution in [3.8, 4) is 0 Å². The van der Waals surface area contributed by atoms with Gasteiger partial charge in [0, 0.05) is 6.04 Å². The summed E-state index contributed by atoms with van der Waals surface area (Å²) in [6.07, 6.45) is 4.09. The highest BCUT2D eigenvalue weighted by Crippen LogP contribution is 2.70. The van der Waals surface area contributed by atoms with Crippen molar-refractivity contribution in [1.82, 2.24) is 5.32 Å². The third kappa shape index (κ3) is 3.05. The second-order valence-electron chi connectivity index (χ2n) is 7.41. The van der Waals surface area contributed by atoms with Crippen LogP contribution in [0.15, 0.2) is 0 Å². The van der Waals surface area contributed by atoms with E-state index in [0.717, 1.165) is 24.4 Å². The van der Waals surface area contributed by atoms with E-state index in [9.17, 15) is 0 Å². The van der Waals surface area contributed by atoms with Crippen LogP contribution < -0.4 is 5.32 Å². The molecule has 1 saturated carbocycles. The van der Waals surface area contributed by atoms with Crippen LogP contribution in [0.1, 0.15) is 67.7 Å². The van der Waals surface area contributed by atoms with E-state index in [2.05, 4.69) is 53.8 Å². The summed E-state index contributed by atoms with van der Waals surface area (Å²) >= 11 is 0. The van der Waals surface area contributed by atoms with Gasteiger partial charge in [0.15, 0.2) is 0 Å². The Morgan fingerprint density at radius 1 is 1.00 bits per heavy atom. The SMILES string of the molecule is CCNC(CCCC(C)C)C1C(C)(C)C1(C)C. The number of hydrogen-bond donors (Lipinski definition) is 1. The first kappa shape index (κ1) is 15.0. The summed E-state index contributed by atoms with van der Waals surface area (Å²) < 4.78 is 0. The fourth-order valence-electron chi connectivity index (χ4n) is 3.65. The molecule has 0 aromatic rings. The fourth-order valence-corrected chi connectivity index (χ4v) is 3.65. The standard InChI is InChI=1S/C16H33N/c1-8-17-13(11-9-10-12(2)3)14-15(4,5)16(14,6)7/h12-14,17H,8-11H2,1-7H3. The molecular formula is C16H33N. The molecule has 1 atom stereocenters. The van der Waals surface area contributed by atoms with E-state index in [0.29, 0.717) is 10.8 Å². The molecule has 0 radical (unpaired) electrons. The topological polar surface area (TPSA) is 12.0 Å². The van der Waals surface area contributed by atoms with E-state index in [1.54, 1.807) is 0 Å². The van der Waals surface area contributed by atoms with Crippen molar-refractivity contribution in [2.75, 3.05) is 6.54 Å². The van der Waals surface area contributed by atoms with Crippen LogP contribution in [0.25, 0.3) is 0 Å². The molecule has 0 amide bonds. The van der Waals surface area contributed by atoms with Gasteiger partial charge in [0.05, 0.1) is 0 Å². The van der Waals surface area contributed by atoms with E-state index in [1.807, 2.05) is 0 Å². The van der Waals surface area contributed by atoms with Gasteiger partial charge in [0.2, 0.25) is 0 Å². The average Bonchev–Trinajstić information content (AvgIpc) is 2.56. The highest BCUT2D eigenvalue weighted by atomic mass is 15.0. The zero-order valence-corrected chi connectivity index (χ0v) is 13.1. The molecule has 0 spiro atoms. The first-order valence-corrected chi connectivity index (χ1v) is 7.48. The van der Waals surface area contributed by atoms with Crippen LogP contribution in [-0.4, -0.2) is 12.6 Å². The number of nitrogens with one attached hydrogen (secondary N) is 1. The Morgan fingerprint density at radius 3 is 1.88 bits per heavy atom. The van der Waals surface area contributed by atoms with Gasteiger partial charge in [-0.15, -0.1) is 0 Å². The lowest BCUT2D eigenvalue weighted by Gasteiger charge is -2.20. The van der Waals surface area contributed by atoms with Crippen molar-refractivity contribution in [2.45, 2.75) is 73.8 Å². The van der Waals surface area contributed by atoms with Gasteiger partial charge >= 0.3 is 0 Å². The zero-order valence-electron chi connectivity index (χ0n) is 13.1. The maximum Gasteiger partial charge on any atom is 0.0106 e. The normalized spacial score (nSPS) is 24.0. The summed E-state index contributed by atoms with van der Waals surface area (Å²) in [5, 5.41) is 3.73. The quantitative estimate of drug-likeness (QED) is 0.691. The van der Waals surface area contributed by atoms with Gasteiger partial charge in [0.1, 0.15) is 0 Å². The van der Waals surface area contributed by atoms with E-state index < -0.39 is 0 Å². The molecule has 1 heteroatoms. The molecule has 0 heterocycles. The third-order valence-corrected chi connectivity index (χ3v) is 5.30. The Hall–Kier alpha value is -0.0400. The molecule has 1 N–H and O–H groups in total. The van der Waals surface area contributed by atoms with E-state index in [1.165, 1.54) is 19.3 Å². The fraction of sp³-hybridized carbons (Fsp3) is 1.00. The molecule has 17 heavy (non-hydrogen) atoms. The zero-order chi connectivity index (χ0) is 13.3. The summed E-state index contributed by atoms with van der Waals surface area (Å²) in [7, 11) is 0. The molecule has 1 aliphatic rings. The Morgan fingerprint density at radius 2 is 1.53 bits per heavy atom. The lowest BCUT2D eigenvalue weighted by molar-refractivity contribution is 0.363. The monoisotopic (exact) mass is 239 g/mol. The van der Waals surface area contributed by atoms with Crippen molar-refractivity contribution in [1.29, 1.82) is 0 Å². The number of rotatable bonds is 7. The summed E-state index contributed by atoms with van der Waals surface area (Å²) in [4.78, 5) is 0. The molecule has 0 aromatic carbocycles. The van der Waals surface area contributed by atoms with Crippen LogP contribution in [0.4, 0.5) is 0 Å². The minimum Gasteiger partial charge on any atom is -0.314 e. The molecule has 0 bridgehead atoms. The third-order valence-electron chi connectivity index (χ3n) is 5.30. The van der Waals surface area contributed by atoms with E-state index >= 15 is 0 Å². The average molecular weight is 239 g/mol. The smallest absolute Gasteiger partial charge is 0.0106 e. The van der Waals surface area contributed by atoms with Crippen LogP contribution in [0, 0.1) is 22.7 Å². The minimum absolute atomic E-state index is 0.512. The van der Waals surface area contributed by atoms with Crippen molar-refractivity contribution in [3.05, 3.63) is 0 Å². The molecule has 1 nitrogen and oxygen atoms in total. The molecule has 102 valence electrons. The first-order valence-electron chi connectivity index (χ1n) is 7.48. The predicted octanol–water partition coefficient (Wildman–Crippen LogP) is 4.47. The largest absolute Gasteiger partial charge is 0.314 e. The van der Waals surface area contributed by atoms with E-state index in [-0.39, 0.29) is 0 Å². The van der Waals surface area contributed by atoms with Crippen LogP contribution in [0.3, 0.4) is 0 Å². The molecule has 0 aliphatic heterocycles. The lowest BCUT2D eigenvalue weighted by atomic mass is 9.96. The van der Waals surface area contributed by atoms with Crippen molar-refractivity contribution in [3.63, 3.8) is 0 Å². The van der Waals surface area contributed by atoms with Crippen molar-refractivity contribution >= 4 is 0 Å². The van der Waals surface area contributed by atoms with Crippen molar-refractivity contribution < 1.29 is 0 Å². The Labute approximate surface area is 109 Å². The Kier molecular flexibility index (Phi) is 4.68. The molecule has 1 fully saturated rings. The van der Waals surface area contributed by atoms with Gasteiger partial charge in [-0.25, -0.2) is 0 Å². The van der Waals surface area contributed by atoms with Crippen LogP contribution >= 0.6 is 0 Å². The molecule has 1 rings (SSSR count). The second-order valence-corrected chi connectivity index (χ2v) is 7.41. The van der Waals surface area contributed by atoms with Gasteiger partial charge in [-0.1, -0.05) is 61.3 Å². The summed E-state index contributed by atoms with van der Waals surface area (Å²) in [5.74, 6) is 1.69. The van der Waals surface area contributed by atoms with Gasteiger partial charge in [0.25, 0.3) is 0 Å². The van der Waals surface area contributed by atoms with E-state index in [4.69, 9.17) is 0 Å². The molecule has 1 aliphatic carbocycles. The highest BCUT2D eigenvalue weighted by Gasteiger charge is 2.66. The van der Waals surface area contributed by atoms with Crippen molar-refractivity contribution in [2.24, 2.45) is 22.7 Å². The van der Waals surface area contributed by atoms with Gasteiger partial charge in [-0.2, -0.15) is 0 Å². The van der Waals surface area contributed by atoms with Gasteiger partial charge in [-0.05, 0) is 35.6 Å². The summed E-state index contributed by atoms with van der Waals surface area (Å²) in [5.41, 5.74) is 1.02. The minimum atomic E-state index is 0.512. The molecule has 0 aromatic heterocycles. The Balaban J connectivity index is 2.50. The summed E-state index contributed by atoms with van der Waals surface area (Å²) in [6, 6.07) is 0.726. The summed E-state index contributed by atoms with van der Waals surface area (Å²) in [6.45, 7) is 17.7.